The first-order chi connectivity index (χ1) is 9.85. The second kappa shape index (κ2) is 4.53. The summed E-state index contributed by atoms with van der Waals surface area (Å²) < 4.78 is 62.7. The van der Waals surface area contributed by atoms with Crippen LogP contribution >= 0.6 is 10.2 Å². The summed E-state index contributed by atoms with van der Waals surface area (Å²) in [5, 5.41) is 11.5. The summed E-state index contributed by atoms with van der Waals surface area (Å²) in [6.45, 7) is 0. The molecule has 0 saturated heterocycles. The third-order valence-electron chi connectivity index (χ3n) is 2.70. The lowest BCUT2D eigenvalue weighted by Gasteiger charge is -2.40. The molecule has 1 unspecified atom stereocenters. The summed E-state index contributed by atoms with van der Waals surface area (Å²) in [5.74, 6) is -0.768. The van der Waals surface area contributed by atoms with Gasteiger partial charge in [-0.15, -0.1) is 0 Å². The average Bonchev–Trinajstić information content (AvgIpc) is 2.36. The van der Waals surface area contributed by atoms with Crippen molar-refractivity contribution in [2.24, 2.45) is 4.99 Å². The fourth-order valence-corrected chi connectivity index (χ4v) is 2.33. The first kappa shape index (κ1) is 16.4. The minimum atomic E-state index is -9.72. The number of aliphatic hydroxyl groups excluding tert-OH is 1. The average molecular weight is 342 g/mol. The number of amides is 1. The van der Waals surface area contributed by atoms with Crippen LogP contribution in [0.4, 0.5) is 25.1 Å². The molecule has 22 heavy (non-hydrogen) atoms. The number of anilines is 1. The Kier molecular flexibility index (Phi) is 3.38. The Bertz CT molecular complexity index is 667. The third kappa shape index (κ3) is 4.04. The molecule has 0 aromatic heterocycles. The van der Waals surface area contributed by atoms with Gasteiger partial charge in [-0.1, -0.05) is 25.5 Å². The fraction of sp³-hybridized carbons (Fsp3) is 0.167. The summed E-state index contributed by atoms with van der Waals surface area (Å²) in [7, 11) is -9.72. The van der Waals surface area contributed by atoms with Crippen LogP contribution in [-0.2, 0) is 4.79 Å². The van der Waals surface area contributed by atoms with Gasteiger partial charge in [0.2, 0.25) is 0 Å². The Morgan fingerprint density at radius 1 is 1.18 bits per heavy atom. The second-order valence-corrected chi connectivity index (χ2v) is 6.99. The minimum absolute atomic E-state index is 0.105. The Morgan fingerprint density at radius 3 is 2.27 bits per heavy atom. The van der Waals surface area contributed by atoms with Crippen LogP contribution in [-0.4, -0.2) is 23.0 Å². The molecule has 1 amide bonds. The van der Waals surface area contributed by atoms with E-state index in [0.717, 1.165) is 0 Å². The number of carbonyl (C=O) groups is 1. The first-order valence-electron chi connectivity index (χ1n) is 5.93. The van der Waals surface area contributed by atoms with Gasteiger partial charge in [0.15, 0.2) is 0 Å². The molecule has 1 atom stereocenters. The van der Waals surface area contributed by atoms with Crippen molar-refractivity contribution >= 4 is 27.5 Å². The number of hydrogen-bond acceptors (Lipinski definition) is 3. The monoisotopic (exact) mass is 342 g/mol. The van der Waals surface area contributed by atoms with E-state index in [2.05, 4.69) is 10.3 Å². The number of aliphatic hydroxyl groups is 1. The molecule has 0 spiro atoms. The van der Waals surface area contributed by atoms with Crippen molar-refractivity contribution in [1.82, 2.24) is 0 Å². The zero-order chi connectivity index (χ0) is 16.7. The van der Waals surface area contributed by atoms with Crippen LogP contribution in [0, 0.1) is 0 Å². The Hall–Kier alpha value is -1.94. The number of hydrogen-bond donors (Lipinski definition) is 2. The molecule has 0 radical (unpaired) electrons. The number of halogens is 5. The zero-order valence-electron chi connectivity index (χ0n) is 10.8. The molecule has 1 aromatic rings. The number of benzene rings is 1. The largest absolute Gasteiger partial charge is 0.371 e. The van der Waals surface area contributed by atoms with Crippen LogP contribution in [0.5, 0.6) is 0 Å². The number of aliphatic imine (C=N–C) groups is 1. The number of dihydropyridines is 1. The maximum atomic E-state index is 12.5. The van der Waals surface area contributed by atoms with Crippen LogP contribution in [0.25, 0.3) is 0 Å². The normalized spacial score (nSPS) is 21.5. The van der Waals surface area contributed by atoms with E-state index in [-0.39, 0.29) is 30.0 Å². The van der Waals surface area contributed by atoms with Crippen molar-refractivity contribution in [3.63, 3.8) is 0 Å². The Labute approximate surface area is 122 Å². The maximum absolute atomic E-state index is 12.5. The zero-order valence-corrected chi connectivity index (χ0v) is 11.7. The minimum Gasteiger partial charge on any atom is -0.371 e. The van der Waals surface area contributed by atoms with E-state index < -0.39 is 27.3 Å². The molecule has 4 nitrogen and oxygen atoms in total. The van der Waals surface area contributed by atoms with E-state index in [0.29, 0.717) is 12.1 Å². The van der Waals surface area contributed by atoms with Gasteiger partial charge in [0.25, 0.3) is 5.91 Å². The maximum Gasteiger partial charge on any atom is 0.310 e. The van der Waals surface area contributed by atoms with Crippen LogP contribution in [0.3, 0.4) is 0 Å². The van der Waals surface area contributed by atoms with Crippen molar-refractivity contribution in [2.75, 3.05) is 5.32 Å². The van der Waals surface area contributed by atoms with Crippen molar-refractivity contribution in [3.8, 4) is 0 Å². The van der Waals surface area contributed by atoms with Crippen LogP contribution in [0.2, 0.25) is 0 Å². The predicted octanol–water partition coefficient (Wildman–Crippen LogP) is 4.00. The molecule has 1 aromatic carbocycles. The van der Waals surface area contributed by atoms with E-state index >= 15 is 0 Å². The highest BCUT2D eigenvalue weighted by Crippen LogP contribution is 3.02. The number of carbonyl (C=O) groups excluding carboxylic acids is 1. The molecule has 0 bridgehead atoms. The van der Waals surface area contributed by atoms with Crippen LogP contribution < -0.4 is 5.32 Å². The molecule has 122 valence electrons. The number of nitrogens with zero attached hydrogens (tertiary/aromatic N) is 1. The molecule has 2 rings (SSSR count). The Morgan fingerprint density at radius 2 is 1.77 bits per heavy atom. The van der Waals surface area contributed by atoms with E-state index in [1.54, 1.807) is 0 Å². The molecule has 0 fully saturated rings. The van der Waals surface area contributed by atoms with Crippen LogP contribution in [0.1, 0.15) is 6.42 Å². The van der Waals surface area contributed by atoms with E-state index in [1.165, 1.54) is 12.2 Å². The van der Waals surface area contributed by atoms with Gasteiger partial charge in [0, 0.05) is 12.1 Å². The van der Waals surface area contributed by atoms with Gasteiger partial charge in [-0.3, -0.25) is 4.79 Å². The standard InChI is InChI=1S/C12H11F5N2O2S/c13-22(14,15,16,17)9-6-4-8(5-7-9)18-12(21)10-2-1-3-11(20)19-10/h1-2,4-7,11,20H,3H2,(H,18,21). The van der Waals surface area contributed by atoms with Crippen molar-refractivity contribution < 1.29 is 29.3 Å². The first-order valence-corrected chi connectivity index (χ1v) is 7.88. The molecule has 1 heterocycles. The molecule has 1 aliphatic rings. The van der Waals surface area contributed by atoms with Crippen molar-refractivity contribution in [3.05, 3.63) is 36.4 Å². The lowest BCUT2D eigenvalue weighted by Crippen LogP contribution is -2.25. The Balaban J connectivity index is 2.16. The molecular formula is C12H11F5N2O2S. The third-order valence-corrected chi connectivity index (χ3v) is 3.86. The van der Waals surface area contributed by atoms with Gasteiger partial charge in [-0.05, 0) is 30.3 Å². The second-order valence-electron chi connectivity index (χ2n) is 4.58. The SMILES string of the molecule is O=C(Nc1ccc(S(F)(F)(F)(F)F)cc1)C1=NC(O)CC=C1. The molecule has 10 heteroatoms. The molecule has 0 aliphatic carbocycles. The van der Waals surface area contributed by atoms with Gasteiger partial charge in [0.05, 0.1) is 0 Å². The number of nitrogens with one attached hydrogen (secondary N) is 1. The van der Waals surface area contributed by atoms with Gasteiger partial charge in [0.1, 0.15) is 16.8 Å². The van der Waals surface area contributed by atoms with Gasteiger partial charge in [-0.25, -0.2) is 4.99 Å². The van der Waals surface area contributed by atoms with Crippen molar-refractivity contribution in [2.45, 2.75) is 17.5 Å². The van der Waals surface area contributed by atoms with Gasteiger partial charge in [-0.2, -0.15) is 0 Å². The summed E-state index contributed by atoms with van der Waals surface area (Å²) in [6.07, 6.45) is 2.02. The van der Waals surface area contributed by atoms with Crippen molar-refractivity contribution in [1.29, 1.82) is 0 Å². The highest BCUT2D eigenvalue weighted by atomic mass is 32.5. The summed E-state index contributed by atoms with van der Waals surface area (Å²) in [6, 6.07) is 1.83. The lowest BCUT2D eigenvalue weighted by atomic mass is 10.2. The smallest absolute Gasteiger partial charge is 0.310 e. The highest BCUT2D eigenvalue weighted by molar-refractivity contribution is 8.45. The summed E-state index contributed by atoms with van der Waals surface area (Å²) in [4.78, 5) is 13.4. The van der Waals surface area contributed by atoms with Gasteiger partial charge >= 0.3 is 10.2 Å². The van der Waals surface area contributed by atoms with E-state index in [4.69, 9.17) is 0 Å². The quantitative estimate of drug-likeness (QED) is 0.816. The highest BCUT2D eigenvalue weighted by Gasteiger charge is 2.65. The molecular weight excluding hydrogens is 331 g/mol. The molecule has 2 N–H and O–H groups in total. The van der Waals surface area contributed by atoms with E-state index in [9.17, 15) is 29.3 Å². The van der Waals surface area contributed by atoms with E-state index in [1.807, 2.05) is 0 Å². The van der Waals surface area contributed by atoms with Gasteiger partial charge < -0.3 is 10.4 Å². The molecule has 1 aliphatic heterocycles. The topological polar surface area (TPSA) is 61.7 Å². The summed E-state index contributed by atoms with van der Waals surface area (Å²) in [5.41, 5.74) is -0.220. The fourth-order valence-electron chi connectivity index (χ4n) is 1.68. The lowest BCUT2D eigenvalue weighted by molar-refractivity contribution is -0.110. The van der Waals surface area contributed by atoms with Crippen LogP contribution in [0.15, 0.2) is 46.3 Å². The molecule has 0 saturated carbocycles. The number of rotatable bonds is 3. The summed E-state index contributed by atoms with van der Waals surface area (Å²) >= 11 is 0. The predicted molar refractivity (Wildman–Crippen MR) is 73.7 cm³/mol.